The second-order valence-corrected chi connectivity index (χ2v) is 3.47. The van der Waals surface area contributed by atoms with E-state index in [9.17, 15) is 0 Å². The van der Waals surface area contributed by atoms with E-state index < -0.39 is 0 Å². The van der Waals surface area contributed by atoms with Gasteiger partial charge in [-0.05, 0) is 42.9 Å². The highest BCUT2D eigenvalue weighted by atomic mass is 14.6. The van der Waals surface area contributed by atoms with Crippen LogP contribution in [0.3, 0.4) is 0 Å². The van der Waals surface area contributed by atoms with E-state index in [2.05, 4.69) is 17.2 Å². The molecule has 1 heterocycles. The third-order valence-corrected chi connectivity index (χ3v) is 2.56. The van der Waals surface area contributed by atoms with E-state index in [0.717, 1.165) is 0 Å². The van der Waals surface area contributed by atoms with Gasteiger partial charge in [0.1, 0.15) is 0 Å². The summed E-state index contributed by atoms with van der Waals surface area (Å²) in [7, 11) is 0. The van der Waals surface area contributed by atoms with Gasteiger partial charge >= 0.3 is 0 Å². The monoisotopic (exact) mass is 160 g/mol. The molecule has 1 heteroatoms. The maximum atomic E-state index is 4.05. The zero-order valence-electron chi connectivity index (χ0n) is 7.34. The topological polar surface area (TPSA) is 12.9 Å². The number of nitrogens with zero attached hydrogens (tertiary/aromatic N) is 1. The second kappa shape index (κ2) is 3.70. The number of aromatic nitrogens is 1. The van der Waals surface area contributed by atoms with Gasteiger partial charge in [0, 0.05) is 6.20 Å². The highest BCUT2D eigenvalue weighted by Crippen LogP contribution is 2.18. The molecule has 0 saturated heterocycles. The van der Waals surface area contributed by atoms with Crippen molar-refractivity contribution in [1.29, 1.82) is 0 Å². The van der Waals surface area contributed by atoms with Crippen LogP contribution < -0.4 is 0 Å². The number of hydrogen-bond acceptors (Lipinski definition) is 1. The molecule has 12 heavy (non-hydrogen) atoms. The van der Waals surface area contributed by atoms with Gasteiger partial charge in [-0.1, -0.05) is 12.8 Å². The van der Waals surface area contributed by atoms with Gasteiger partial charge in [0.2, 0.25) is 0 Å². The summed E-state index contributed by atoms with van der Waals surface area (Å²) in [6.07, 6.45) is 12.8. The second-order valence-electron chi connectivity index (χ2n) is 3.47. The van der Waals surface area contributed by atoms with Crippen molar-refractivity contribution in [2.75, 3.05) is 0 Å². The van der Waals surface area contributed by atoms with Gasteiger partial charge in [0.05, 0.1) is 6.20 Å². The fraction of sp³-hybridized carbons (Fsp3) is 0.545. The molecule has 1 aromatic rings. The van der Waals surface area contributed by atoms with E-state index >= 15 is 0 Å². The van der Waals surface area contributed by atoms with Crippen molar-refractivity contribution in [3.63, 3.8) is 0 Å². The summed E-state index contributed by atoms with van der Waals surface area (Å²) >= 11 is 0. The first-order valence-corrected chi connectivity index (χ1v) is 4.81. The van der Waals surface area contributed by atoms with Gasteiger partial charge in [0.25, 0.3) is 0 Å². The Labute approximate surface area is 73.8 Å². The third-order valence-electron chi connectivity index (χ3n) is 2.56. The molecule has 0 aliphatic heterocycles. The van der Waals surface area contributed by atoms with Crippen molar-refractivity contribution in [3.8, 4) is 0 Å². The predicted molar refractivity (Wildman–Crippen MR) is 48.9 cm³/mol. The summed E-state index contributed by atoms with van der Waals surface area (Å²) in [5, 5.41) is 0. The maximum absolute atomic E-state index is 4.05. The summed E-state index contributed by atoms with van der Waals surface area (Å²) < 4.78 is 0. The summed E-state index contributed by atoms with van der Waals surface area (Å²) in [5.74, 6) is 0. The van der Waals surface area contributed by atoms with Gasteiger partial charge in [-0.25, -0.2) is 0 Å². The average molecular weight is 160 g/mol. The SMILES string of the molecule is [c]1nccc2c1CCCCCC2. The molecule has 1 aliphatic carbocycles. The Hall–Kier alpha value is -0.850. The molecule has 63 valence electrons. The smallest absolute Gasteiger partial charge is 0.0923 e. The number of fused-ring (bicyclic) bond motifs is 1. The van der Waals surface area contributed by atoms with Crippen LogP contribution in [0.2, 0.25) is 0 Å². The molecule has 1 nitrogen and oxygen atoms in total. The molecular formula is C11H14N. The van der Waals surface area contributed by atoms with E-state index in [0.29, 0.717) is 0 Å². The minimum absolute atomic E-state index is 1.18. The van der Waals surface area contributed by atoms with Crippen LogP contribution in [0.1, 0.15) is 36.8 Å². The molecular weight excluding hydrogens is 146 g/mol. The molecule has 0 fully saturated rings. The van der Waals surface area contributed by atoms with E-state index in [-0.39, 0.29) is 0 Å². The average Bonchev–Trinajstić information content (AvgIpc) is 2.06. The first-order chi connectivity index (χ1) is 5.97. The lowest BCUT2D eigenvalue weighted by molar-refractivity contribution is 0.615. The number of pyridine rings is 1. The molecule has 0 unspecified atom stereocenters. The Morgan fingerprint density at radius 1 is 1.08 bits per heavy atom. The minimum atomic E-state index is 1.18. The Morgan fingerprint density at radius 3 is 2.83 bits per heavy atom. The first kappa shape index (κ1) is 7.78. The van der Waals surface area contributed by atoms with Crippen molar-refractivity contribution in [3.05, 3.63) is 29.6 Å². The van der Waals surface area contributed by atoms with Gasteiger partial charge < -0.3 is 0 Å². The third kappa shape index (κ3) is 1.66. The number of aryl methyl sites for hydroxylation is 2. The Kier molecular flexibility index (Phi) is 2.40. The zero-order chi connectivity index (χ0) is 8.23. The zero-order valence-corrected chi connectivity index (χ0v) is 7.34. The number of rotatable bonds is 0. The largest absolute Gasteiger partial charge is 0.254 e. The van der Waals surface area contributed by atoms with Crippen LogP contribution in [0, 0.1) is 6.20 Å². The van der Waals surface area contributed by atoms with Gasteiger partial charge in [-0.2, -0.15) is 0 Å². The van der Waals surface area contributed by atoms with Crippen molar-refractivity contribution >= 4 is 0 Å². The standard InChI is InChI=1S/C11H14N/c1-2-4-6-11-9-12-8-7-10(11)5-3-1/h7-8H,1-6H2. The molecule has 0 spiro atoms. The summed E-state index contributed by atoms with van der Waals surface area (Å²) in [6, 6.07) is 2.15. The molecule has 2 rings (SSSR count). The lowest BCUT2D eigenvalue weighted by Gasteiger charge is -2.11. The quantitative estimate of drug-likeness (QED) is 0.568. The lowest BCUT2D eigenvalue weighted by atomic mass is 9.95. The highest BCUT2D eigenvalue weighted by Gasteiger charge is 2.05. The Bertz CT molecular complexity index is 228. The molecule has 1 aliphatic rings. The summed E-state index contributed by atoms with van der Waals surface area (Å²) in [6.45, 7) is 0. The fourth-order valence-electron chi connectivity index (χ4n) is 1.84. The van der Waals surface area contributed by atoms with E-state index in [1.165, 1.54) is 49.7 Å². The van der Waals surface area contributed by atoms with Crippen LogP contribution in [0.15, 0.2) is 12.3 Å². The van der Waals surface area contributed by atoms with Crippen LogP contribution in [0.25, 0.3) is 0 Å². The lowest BCUT2D eigenvalue weighted by Crippen LogP contribution is -1.99. The van der Waals surface area contributed by atoms with E-state index in [4.69, 9.17) is 0 Å². The maximum Gasteiger partial charge on any atom is 0.0923 e. The molecule has 0 saturated carbocycles. The highest BCUT2D eigenvalue weighted by molar-refractivity contribution is 5.22. The molecule has 0 amide bonds. The van der Waals surface area contributed by atoms with Crippen LogP contribution in [0.5, 0.6) is 0 Å². The Balaban J connectivity index is 2.24. The van der Waals surface area contributed by atoms with Crippen molar-refractivity contribution in [2.24, 2.45) is 0 Å². The predicted octanol–water partition coefficient (Wildman–Crippen LogP) is 2.54. The Morgan fingerprint density at radius 2 is 1.92 bits per heavy atom. The van der Waals surface area contributed by atoms with Crippen LogP contribution in [0.4, 0.5) is 0 Å². The van der Waals surface area contributed by atoms with Gasteiger partial charge in [0.15, 0.2) is 0 Å². The molecule has 0 atom stereocenters. The number of hydrogen-bond donors (Lipinski definition) is 0. The van der Waals surface area contributed by atoms with E-state index in [1.807, 2.05) is 6.20 Å². The minimum Gasteiger partial charge on any atom is -0.254 e. The van der Waals surface area contributed by atoms with Gasteiger partial charge in [-0.15, -0.1) is 0 Å². The van der Waals surface area contributed by atoms with Crippen LogP contribution >= 0.6 is 0 Å². The summed E-state index contributed by atoms with van der Waals surface area (Å²) in [5.41, 5.74) is 2.84. The molecule has 0 N–H and O–H groups in total. The molecule has 1 radical (unpaired) electrons. The molecule has 0 bridgehead atoms. The van der Waals surface area contributed by atoms with Crippen LogP contribution in [-0.4, -0.2) is 4.98 Å². The van der Waals surface area contributed by atoms with Crippen molar-refractivity contribution < 1.29 is 0 Å². The molecule has 1 aromatic heterocycles. The first-order valence-electron chi connectivity index (χ1n) is 4.81. The van der Waals surface area contributed by atoms with E-state index in [1.54, 1.807) is 0 Å². The van der Waals surface area contributed by atoms with Crippen molar-refractivity contribution in [1.82, 2.24) is 4.98 Å². The van der Waals surface area contributed by atoms with Crippen molar-refractivity contribution in [2.45, 2.75) is 38.5 Å². The molecule has 0 aromatic carbocycles. The normalized spacial score (nSPS) is 17.7. The van der Waals surface area contributed by atoms with Crippen LogP contribution in [-0.2, 0) is 12.8 Å². The fourth-order valence-corrected chi connectivity index (χ4v) is 1.84. The summed E-state index contributed by atoms with van der Waals surface area (Å²) in [4.78, 5) is 4.05. The van der Waals surface area contributed by atoms with Gasteiger partial charge in [-0.3, -0.25) is 4.98 Å².